The number of halogens is 1. The molecule has 0 saturated carbocycles. The van der Waals surface area contributed by atoms with Crippen molar-refractivity contribution in [2.75, 3.05) is 6.54 Å². The standard InChI is InChI=1S/C12H15ClN2O2/c13-9-3-1-8(2-4-9)6-15-7-10(16)5-11(15)12(14)17/h1-4,10-11,16H,5-7H2,(H2,14,17)/t10-,11-/m0/s1. The van der Waals surface area contributed by atoms with E-state index in [1.807, 2.05) is 29.2 Å². The van der Waals surface area contributed by atoms with Crippen LogP contribution in [0.4, 0.5) is 0 Å². The second-order valence-corrected chi connectivity index (χ2v) is 4.80. The Hall–Kier alpha value is -1.10. The number of primary amides is 1. The van der Waals surface area contributed by atoms with Gasteiger partial charge >= 0.3 is 0 Å². The van der Waals surface area contributed by atoms with Crippen LogP contribution >= 0.6 is 11.6 Å². The van der Waals surface area contributed by atoms with E-state index in [1.165, 1.54) is 0 Å². The van der Waals surface area contributed by atoms with Gasteiger partial charge in [0, 0.05) is 18.1 Å². The summed E-state index contributed by atoms with van der Waals surface area (Å²) in [5.41, 5.74) is 6.37. The highest BCUT2D eigenvalue weighted by atomic mass is 35.5. The number of carbonyl (C=O) groups excluding carboxylic acids is 1. The molecule has 1 amide bonds. The molecule has 1 aliphatic heterocycles. The third kappa shape index (κ3) is 2.97. The number of aliphatic hydroxyl groups excluding tert-OH is 1. The van der Waals surface area contributed by atoms with Crippen LogP contribution in [0.1, 0.15) is 12.0 Å². The van der Waals surface area contributed by atoms with Crippen molar-refractivity contribution < 1.29 is 9.90 Å². The SMILES string of the molecule is NC(=O)[C@@H]1C[C@H](O)CN1Cc1ccc(Cl)cc1. The largest absolute Gasteiger partial charge is 0.392 e. The number of likely N-dealkylation sites (tertiary alicyclic amines) is 1. The highest BCUT2D eigenvalue weighted by Gasteiger charge is 2.34. The molecule has 0 bridgehead atoms. The van der Waals surface area contributed by atoms with E-state index in [-0.39, 0.29) is 11.9 Å². The number of hydrogen-bond donors (Lipinski definition) is 2. The fourth-order valence-electron chi connectivity index (χ4n) is 2.17. The molecule has 2 atom stereocenters. The Kier molecular flexibility index (Phi) is 3.66. The van der Waals surface area contributed by atoms with Gasteiger partial charge in [0.15, 0.2) is 0 Å². The molecule has 1 aliphatic rings. The third-order valence-corrected chi connectivity index (χ3v) is 3.26. The number of aliphatic hydroxyl groups is 1. The van der Waals surface area contributed by atoms with Crippen LogP contribution in [0.25, 0.3) is 0 Å². The van der Waals surface area contributed by atoms with E-state index in [0.29, 0.717) is 24.5 Å². The average molecular weight is 255 g/mol. The molecule has 17 heavy (non-hydrogen) atoms. The Bertz CT molecular complexity index is 407. The van der Waals surface area contributed by atoms with Gasteiger partial charge in [-0.1, -0.05) is 23.7 Å². The molecule has 1 saturated heterocycles. The normalized spacial score (nSPS) is 25.1. The first-order valence-corrected chi connectivity index (χ1v) is 5.90. The Morgan fingerprint density at radius 1 is 1.47 bits per heavy atom. The van der Waals surface area contributed by atoms with Gasteiger partial charge in [0.05, 0.1) is 12.1 Å². The fraction of sp³-hybridized carbons (Fsp3) is 0.417. The molecule has 1 fully saturated rings. The minimum Gasteiger partial charge on any atom is -0.392 e. The zero-order valence-corrected chi connectivity index (χ0v) is 10.1. The molecule has 5 heteroatoms. The lowest BCUT2D eigenvalue weighted by atomic mass is 10.1. The molecule has 0 unspecified atom stereocenters. The molecule has 1 aromatic rings. The van der Waals surface area contributed by atoms with Gasteiger partial charge in [-0.05, 0) is 24.1 Å². The molecule has 0 aromatic heterocycles. The molecule has 0 radical (unpaired) electrons. The van der Waals surface area contributed by atoms with Gasteiger partial charge in [-0.25, -0.2) is 0 Å². The summed E-state index contributed by atoms with van der Waals surface area (Å²) in [6.45, 7) is 1.08. The van der Waals surface area contributed by atoms with Crippen LogP contribution in [-0.2, 0) is 11.3 Å². The maximum Gasteiger partial charge on any atom is 0.234 e. The van der Waals surface area contributed by atoms with Crippen LogP contribution in [0.15, 0.2) is 24.3 Å². The van der Waals surface area contributed by atoms with Gasteiger partial charge in [-0.2, -0.15) is 0 Å². The van der Waals surface area contributed by atoms with Crippen molar-refractivity contribution in [3.8, 4) is 0 Å². The zero-order chi connectivity index (χ0) is 12.4. The maximum atomic E-state index is 11.3. The first kappa shape index (κ1) is 12.4. The van der Waals surface area contributed by atoms with Crippen LogP contribution in [0.3, 0.4) is 0 Å². The Morgan fingerprint density at radius 3 is 2.71 bits per heavy atom. The molecule has 1 heterocycles. The van der Waals surface area contributed by atoms with E-state index in [9.17, 15) is 9.90 Å². The van der Waals surface area contributed by atoms with Crippen LogP contribution in [0.2, 0.25) is 5.02 Å². The van der Waals surface area contributed by atoms with Crippen molar-refractivity contribution in [2.24, 2.45) is 5.73 Å². The van der Waals surface area contributed by atoms with Gasteiger partial charge in [0.1, 0.15) is 0 Å². The predicted molar refractivity (Wildman–Crippen MR) is 65.5 cm³/mol. The fourth-order valence-corrected chi connectivity index (χ4v) is 2.30. The number of nitrogens with two attached hydrogens (primary N) is 1. The van der Waals surface area contributed by atoms with E-state index >= 15 is 0 Å². The highest BCUT2D eigenvalue weighted by Crippen LogP contribution is 2.21. The summed E-state index contributed by atoms with van der Waals surface area (Å²) in [6, 6.07) is 7.06. The number of β-amino-alcohol motifs (C(OH)–C–C–N with tert-alkyl or cyclic N) is 1. The Balaban J connectivity index is 2.07. The number of amides is 1. The number of rotatable bonds is 3. The summed E-state index contributed by atoms with van der Waals surface area (Å²) in [5.74, 6) is -0.379. The lowest BCUT2D eigenvalue weighted by molar-refractivity contribution is -0.122. The van der Waals surface area contributed by atoms with Crippen LogP contribution in [0.5, 0.6) is 0 Å². The van der Waals surface area contributed by atoms with Crippen molar-refractivity contribution in [1.29, 1.82) is 0 Å². The molecule has 1 aromatic carbocycles. The lowest BCUT2D eigenvalue weighted by Crippen LogP contribution is -2.39. The van der Waals surface area contributed by atoms with Crippen molar-refractivity contribution in [1.82, 2.24) is 4.90 Å². The number of benzene rings is 1. The molecule has 2 rings (SSSR count). The number of carbonyl (C=O) groups is 1. The Morgan fingerprint density at radius 2 is 2.12 bits per heavy atom. The van der Waals surface area contributed by atoms with Gasteiger partial charge in [-0.3, -0.25) is 9.69 Å². The van der Waals surface area contributed by atoms with Gasteiger partial charge in [-0.15, -0.1) is 0 Å². The molecule has 0 spiro atoms. The van der Waals surface area contributed by atoms with Gasteiger partial charge in [0.2, 0.25) is 5.91 Å². The first-order valence-electron chi connectivity index (χ1n) is 5.52. The summed E-state index contributed by atoms with van der Waals surface area (Å²) in [7, 11) is 0. The van der Waals surface area contributed by atoms with E-state index in [1.54, 1.807) is 0 Å². The smallest absolute Gasteiger partial charge is 0.234 e. The van der Waals surface area contributed by atoms with E-state index < -0.39 is 6.10 Å². The number of nitrogens with zero attached hydrogens (tertiary/aromatic N) is 1. The van der Waals surface area contributed by atoms with Crippen LogP contribution in [0, 0.1) is 0 Å². The van der Waals surface area contributed by atoms with Crippen molar-refractivity contribution in [2.45, 2.75) is 25.1 Å². The van der Waals surface area contributed by atoms with E-state index in [2.05, 4.69) is 0 Å². The summed E-state index contributed by atoms with van der Waals surface area (Å²) in [4.78, 5) is 13.1. The topological polar surface area (TPSA) is 66.6 Å². The van der Waals surface area contributed by atoms with Crippen molar-refractivity contribution in [3.05, 3.63) is 34.9 Å². The second-order valence-electron chi connectivity index (χ2n) is 4.36. The minimum absolute atomic E-state index is 0.374. The van der Waals surface area contributed by atoms with Crippen LogP contribution < -0.4 is 5.73 Å². The summed E-state index contributed by atoms with van der Waals surface area (Å²) < 4.78 is 0. The highest BCUT2D eigenvalue weighted by molar-refractivity contribution is 6.30. The third-order valence-electron chi connectivity index (χ3n) is 3.01. The molecule has 4 nitrogen and oxygen atoms in total. The van der Waals surface area contributed by atoms with Crippen molar-refractivity contribution >= 4 is 17.5 Å². The zero-order valence-electron chi connectivity index (χ0n) is 9.34. The monoisotopic (exact) mass is 254 g/mol. The first-order chi connectivity index (χ1) is 8.06. The molecule has 92 valence electrons. The van der Waals surface area contributed by atoms with E-state index in [0.717, 1.165) is 5.56 Å². The number of hydrogen-bond acceptors (Lipinski definition) is 3. The van der Waals surface area contributed by atoms with E-state index in [4.69, 9.17) is 17.3 Å². The molecular weight excluding hydrogens is 240 g/mol. The lowest BCUT2D eigenvalue weighted by Gasteiger charge is -2.21. The summed E-state index contributed by atoms with van der Waals surface area (Å²) in [6.07, 6.45) is -0.0528. The average Bonchev–Trinajstić information content (AvgIpc) is 2.63. The molecule has 3 N–H and O–H groups in total. The predicted octanol–water partition coefficient (Wildman–Crippen LogP) is 0.761. The summed E-state index contributed by atoms with van der Waals surface area (Å²) in [5, 5.41) is 10.3. The van der Waals surface area contributed by atoms with Gasteiger partial charge in [0.25, 0.3) is 0 Å². The van der Waals surface area contributed by atoms with Crippen molar-refractivity contribution in [3.63, 3.8) is 0 Å². The second kappa shape index (κ2) is 5.04. The van der Waals surface area contributed by atoms with Gasteiger partial charge < -0.3 is 10.8 Å². The van der Waals surface area contributed by atoms with Crippen LogP contribution in [-0.4, -0.2) is 34.6 Å². The maximum absolute atomic E-state index is 11.3. The Labute approximate surface area is 105 Å². The minimum atomic E-state index is -0.472. The molecule has 0 aliphatic carbocycles. The quantitative estimate of drug-likeness (QED) is 0.837. The molecular formula is C12H15ClN2O2. The summed E-state index contributed by atoms with van der Waals surface area (Å²) >= 11 is 5.80.